The molecule has 0 aliphatic carbocycles. The number of ether oxygens (including phenoxy) is 1. The average Bonchev–Trinajstić information content (AvgIpc) is 3.32. The van der Waals surface area contributed by atoms with Crippen LogP contribution >= 0.6 is 7.92 Å². The summed E-state index contributed by atoms with van der Waals surface area (Å²) < 4.78 is 6.13. The molecular formula is C27H22NOP. The number of rotatable bonds is 5. The van der Waals surface area contributed by atoms with Gasteiger partial charge in [-0.15, -0.1) is 0 Å². The van der Waals surface area contributed by atoms with Gasteiger partial charge in [-0.1, -0.05) is 109 Å². The first-order valence-electron chi connectivity index (χ1n) is 10.2. The van der Waals surface area contributed by atoms with E-state index in [-0.39, 0.29) is 6.04 Å². The van der Waals surface area contributed by atoms with Crippen LogP contribution in [0.1, 0.15) is 17.2 Å². The third kappa shape index (κ3) is 3.79. The Morgan fingerprint density at radius 2 is 1.17 bits per heavy atom. The molecule has 0 unspecified atom stereocenters. The maximum absolute atomic E-state index is 6.13. The van der Waals surface area contributed by atoms with Gasteiger partial charge in [-0.25, -0.2) is 4.99 Å². The van der Waals surface area contributed by atoms with E-state index in [0.717, 1.165) is 11.5 Å². The van der Waals surface area contributed by atoms with Crippen LogP contribution in [-0.2, 0) is 4.74 Å². The molecule has 30 heavy (non-hydrogen) atoms. The van der Waals surface area contributed by atoms with Gasteiger partial charge in [-0.3, -0.25) is 0 Å². The fraction of sp³-hybridized carbons (Fsp3) is 0.0741. The number of nitrogens with zero attached hydrogens (tertiary/aromatic N) is 1. The van der Waals surface area contributed by atoms with Crippen molar-refractivity contribution in [1.82, 2.24) is 0 Å². The molecule has 0 radical (unpaired) electrons. The van der Waals surface area contributed by atoms with Crippen LogP contribution in [0.3, 0.4) is 0 Å². The zero-order valence-corrected chi connectivity index (χ0v) is 17.5. The lowest BCUT2D eigenvalue weighted by Crippen LogP contribution is -2.25. The van der Waals surface area contributed by atoms with Crippen molar-refractivity contribution >= 4 is 29.7 Å². The SMILES string of the molecule is c1ccc([C@@H]2COC(c3ccccc3P(c3ccccc3)c3ccccc3)=N2)cc1. The predicted molar refractivity (Wildman–Crippen MR) is 127 cm³/mol. The lowest BCUT2D eigenvalue weighted by molar-refractivity contribution is 0.320. The van der Waals surface area contributed by atoms with E-state index in [0.29, 0.717) is 6.61 Å². The molecular weight excluding hydrogens is 385 g/mol. The topological polar surface area (TPSA) is 21.6 Å². The van der Waals surface area contributed by atoms with Gasteiger partial charge in [0.25, 0.3) is 0 Å². The summed E-state index contributed by atoms with van der Waals surface area (Å²) in [5, 5.41) is 3.92. The molecule has 0 saturated heterocycles. The van der Waals surface area contributed by atoms with Crippen LogP contribution in [0.2, 0.25) is 0 Å². The number of hydrogen-bond donors (Lipinski definition) is 0. The van der Waals surface area contributed by atoms with Gasteiger partial charge in [0.05, 0.1) is 0 Å². The third-order valence-corrected chi connectivity index (χ3v) is 7.74. The lowest BCUT2D eigenvalue weighted by Gasteiger charge is -2.22. The molecule has 3 heteroatoms. The van der Waals surface area contributed by atoms with E-state index in [1.807, 2.05) is 6.07 Å². The molecule has 1 atom stereocenters. The molecule has 4 aromatic rings. The van der Waals surface area contributed by atoms with Gasteiger partial charge in [0, 0.05) is 5.56 Å². The molecule has 0 N–H and O–H groups in total. The minimum Gasteiger partial charge on any atom is -0.475 e. The second-order valence-electron chi connectivity index (χ2n) is 7.20. The van der Waals surface area contributed by atoms with Crippen LogP contribution in [0.15, 0.2) is 120 Å². The largest absolute Gasteiger partial charge is 0.475 e. The van der Waals surface area contributed by atoms with Crippen LogP contribution in [0.25, 0.3) is 0 Å². The van der Waals surface area contributed by atoms with Crippen molar-refractivity contribution in [2.45, 2.75) is 6.04 Å². The lowest BCUT2D eigenvalue weighted by atomic mass is 10.1. The van der Waals surface area contributed by atoms with E-state index in [9.17, 15) is 0 Å². The quantitative estimate of drug-likeness (QED) is 0.429. The molecule has 1 aliphatic heterocycles. The normalized spacial score (nSPS) is 15.6. The van der Waals surface area contributed by atoms with Gasteiger partial charge in [0.2, 0.25) is 5.90 Å². The number of hydrogen-bond acceptors (Lipinski definition) is 2. The van der Waals surface area contributed by atoms with Gasteiger partial charge in [-0.2, -0.15) is 0 Å². The van der Waals surface area contributed by atoms with Crippen LogP contribution in [0, 0.1) is 0 Å². The molecule has 4 aromatic carbocycles. The summed E-state index contributed by atoms with van der Waals surface area (Å²) in [6, 6.07) is 40.5. The van der Waals surface area contributed by atoms with Gasteiger partial charge in [0.15, 0.2) is 0 Å². The van der Waals surface area contributed by atoms with Crippen LogP contribution in [0.5, 0.6) is 0 Å². The summed E-state index contributed by atoms with van der Waals surface area (Å²) in [6.45, 7) is 0.586. The van der Waals surface area contributed by atoms with Gasteiger partial charge in [-0.05, 0) is 35.5 Å². The first kappa shape index (κ1) is 18.8. The minimum absolute atomic E-state index is 0.0499. The second kappa shape index (κ2) is 8.65. The zero-order chi connectivity index (χ0) is 20.2. The van der Waals surface area contributed by atoms with E-state index in [2.05, 4.69) is 109 Å². The van der Waals surface area contributed by atoms with E-state index >= 15 is 0 Å². The van der Waals surface area contributed by atoms with Crippen molar-refractivity contribution in [3.05, 3.63) is 126 Å². The Morgan fingerprint density at radius 3 is 1.80 bits per heavy atom. The molecule has 0 aromatic heterocycles. The standard InChI is InChI=1S/C27H22NOP/c1-4-12-21(13-5-1)25-20-29-27(28-25)24-18-10-11-19-26(24)30(22-14-6-2-7-15-22)23-16-8-3-9-17-23/h1-19,25H,20H2/t25-/m0/s1. The van der Waals surface area contributed by atoms with Crippen molar-refractivity contribution in [3.8, 4) is 0 Å². The Hall–Kier alpha value is -3.22. The molecule has 5 rings (SSSR count). The average molecular weight is 407 g/mol. The van der Waals surface area contributed by atoms with Crippen molar-refractivity contribution in [3.63, 3.8) is 0 Å². The highest BCUT2D eigenvalue weighted by Gasteiger charge is 2.26. The van der Waals surface area contributed by atoms with E-state index in [1.165, 1.54) is 21.5 Å². The highest BCUT2D eigenvalue weighted by atomic mass is 31.1. The highest BCUT2D eigenvalue weighted by molar-refractivity contribution is 7.80. The zero-order valence-electron chi connectivity index (χ0n) is 16.6. The Bertz CT molecular complexity index is 1100. The Kier molecular flexibility index (Phi) is 5.42. The summed E-state index contributed by atoms with van der Waals surface area (Å²) >= 11 is 0. The van der Waals surface area contributed by atoms with Crippen molar-refractivity contribution in [2.75, 3.05) is 6.61 Å². The molecule has 0 saturated carbocycles. The Labute approximate surface area is 178 Å². The molecule has 2 nitrogen and oxygen atoms in total. The maximum Gasteiger partial charge on any atom is 0.217 e. The van der Waals surface area contributed by atoms with E-state index in [4.69, 9.17) is 9.73 Å². The van der Waals surface area contributed by atoms with Crippen LogP contribution < -0.4 is 15.9 Å². The third-order valence-electron chi connectivity index (χ3n) is 5.24. The molecule has 0 fully saturated rings. The fourth-order valence-electron chi connectivity index (χ4n) is 3.80. The van der Waals surface area contributed by atoms with Crippen molar-refractivity contribution in [2.24, 2.45) is 4.99 Å². The monoisotopic (exact) mass is 407 g/mol. The molecule has 0 amide bonds. The van der Waals surface area contributed by atoms with Gasteiger partial charge < -0.3 is 4.74 Å². The molecule has 0 spiro atoms. The summed E-state index contributed by atoms with van der Waals surface area (Å²) in [5.74, 6) is 0.749. The second-order valence-corrected chi connectivity index (χ2v) is 9.38. The number of benzene rings is 4. The van der Waals surface area contributed by atoms with Crippen LogP contribution in [-0.4, -0.2) is 12.5 Å². The summed E-state index contributed by atoms with van der Waals surface area (Å²) in [4.78, 5) is 4.96. The smallest absolute Gasteiger partial charge is 0.217 e. The summed E-state index contributed by atoms with van der Waals surface area (Å²) in [7, 11) is -0.712. The highest BCUT2D eigenvalue weighted by Crippen LogP contribution is 2.35. The van der Waals surface area contributed by atoms with Crippen molar-refractivity contribution < 1.29 is 4.74 Å². The maximum atomic E-state index is 6.13. The Morgan fingerprint density at radius 1 is 0.633 bits per heavy atom. The van der Waals surface area contributed by atoms with E-state index in [1.54, 1.807) is 0 Å². The molecule has 1 aliphatic rings. The van der Waals surface area contributed by atoms with Crippen LogP contribution in [0.4, 0.5) is 0 Å². The van der Waals surface area contributed by atoms with Crippen molar-refractivity contribution in [1.29, 1.82) is 0 Å². The van der Waals surface area contributed by atoms with Gasteiger partial charge in [0.1, 0.15) is 12.6 Å². The fourth-order valence-corrected chi connectivity index (χ4v) is 6.24. The minimum atomic E-state index is -0.712. The number of aliphatic imine (C=N–C) groups is 1. The van der Waals surface area contributed by atoms with E-state index < -0.39 is 7.92 Å². The first-order valence-corrected chi connectivity index (χ1v) is 11.5. The Balaban J connectivity index is 1.60. The summed E-state index contributed by atoms with van der Waals surface area (Å²) in [5.41, 5.74) is 2.29. The predicted octanol–water partition coefficient (Wildman–Crippen LogP) is 4.96. The first-order chi connectivity index (χ1) is 14.9. The summed E-state index contributed by atoms with van der Waals surface area (Å²) in [6.07, 6.45) is 0. The molecule has 0 bridgehead atoms. The molecule has 146 valence electrons. The molecule has 1 heterocycles. The van der Waals surface area contributed by atoms with Gasteiger partial charge >= 0.3 is 0 Å².